The Hall–Kier alpha value is -0.510. The molecule has 0 radical (unpaired) electrons. The second-order valence-electron chi connectivity index (χ2n) is 3.94. The van der Waals surface area contributed by atoms with Crippen LogP contribution < -0.4 is 5.32 Å². The van der Waals surface area contributed by atoms with Crippen LogP contribution in [0.5, 0.6) is 0 Å². The van der Waals surface area contributed by atoms with Gasteiger partial charge >= 0.3 is 0 Å². The van der Waals surface area contributed by atoms with Crippen molar-refractivity contribution in [2.75, 3.05) is 12.4 Å². The van der Waals surface area contributed by atoms with Crippen molar-refractivity contribution >= 4 is 11.8 Å². The largest absolute Gasteiger partial charge is 0.395 e. The number of aliphatic hydroxyl groups is 1. The van der Waals surface area contributed by atoms with Crippen LogP contribution in [0, 0.1) is 0 Å². The Kier molecular flexibility index (Phi) is 5.88. The summed E-state index contributed by atoms with van der Waals surface area (Å²) in [6, 6.07) is 8.86. The van der Waals surface area contributed by atoms with Crippen LogP contribution in [0.15, 0.2) is 29.2 Å². The highest BCUT2D eigenvalue weighted by Crippen LogP contribution is 2.27. The molecular formula is C13H21NOS. The Balaban J connectivity index is 2.77. The highest BCUT2D eigenvalue weighted by atomic mass is 32.2. The summed E-state index contributed by atoms with van der Waals surface area (Å²) in [6.07, 6.45) is 0. The SMILES string of the molecule is CCSc1ccccc1C(C)N[C@@H](C)CO. The topological polar surface area (TPSA) is 32.3 Å². The molecule has 0 saturated heterocycles. The zero-order valence-electron chi connectivity index (χ0n) is 10.2. The molecule has 0 aromatic heterocycles. The molecule has 2 nitrogen and oxygen atoms in total. The highest BCUT2D eigenvalue weighted by molar-refractivity contribution is 7.99. The molecule has 0 heterocycles. The van der Waals surface area contributed by atoms with Gasteiger partial charge in [0.05, 0.1) is 6.61 Å². The van der Waals surface area contributed by atoms with Crippen molar-refractivity contribution in [2.45, 2.75) is 37.8 Å². The van der Waals surface area contributed by atoms with E-state index in [2.05, 4.69) is 43.4 Å². The molecule has 16 heavy (non-hydrogen) atoms. The lowest BCUT2D eigenvalue weighted by molar-refractivity contribution is 0.243. The highest BCUT2D eigenvalue weighted by Gasteiger charge is 2.11. The number of thioether (sulfide) groups is 1. The van der Waals surface area contributed by atoms with Gasteiger partial charge in [0.1, 0.15) is 0 Å². The summed E-state index contributed by atoms with van der Waals surface area (Å²) in [4.78, 5) is 1.33. The molecule has 1 rings (SSSR count). The molecule has 2 atom stereocenters. The maximum absolute atomic E-state index is 9.04. The van der Waals surface area contributed by atoms with Crippen molar-refractivity contribution in [3.63, 3.8) is 0 Å². The molecule has 0 amide bonds. The molecule has 0 spiro atoms. The minimum Gasteiger partial charge on any atom is -0.395 e. The maximum Gasteiger partial charge on any atom is 0.0582 e. The van der Waals surface area contributed by atoms with Crippen LogP contribution in [0.25, 0.3) is 0 Å². The Morgan fingerprint density at radius 2 is 2.00 bits per heavy atom. The third-order valence-electron chi connectivity index (χ3n) is 2.49. The Labute approximate surface area is 102 Å². The summed E-state index contributed by atoms with van der Waals surface area (Å²) >= 11 is 1.86. The normalized spacial score (nSPS) is 14.8. The number of nitrogens with one attached hydrogen (secondary N) is 1. The van der Waals surface area contributed by atoms with E-state index in [-0.39, 0.29) is 18.7 Å². The number of rotatable bonds is 6. The van der Waals surface area contributed by atoms with Crippen molar-refractivity contribution in [2.24, 2.45) is 0 Å². The van der Waals surface area contributed by atoms with E-state index < -0.39 is 0 Å². The third kappa shape index (κ3) is 3.81. The van der Waals surface area contributed by atoms with Gasteiger partial charge in [-0.2, -0.15) is 0 Å². The summed E-state index contributed by atoms with van der Waals surface area (Å²) in [5.74, 6) is 1.08. The first kappa shape index (κ1) is 13.6. The number of hydrogen-bond donors (Lipinski definition) is 2. The van der Waals surface area contributed by atoms with Crippen LogP contribution in [-0.4, -0.2) is 23.5 Å². The Morgan fingerprint density at radius 1 is 1.31 bits per heavy atom. The lowest BCUT2D eigenvalue weighted by atomic mass is 10.1. The van der Waals surface area contributed by atoms with Gasteiger partial charge in [-0.05, 0) is 31.2 Å². The Bertz CT molecular complexity index is 317. The summed E-state index contributed by atoms with van der Waals surface area (Å²) < 4.78 is 0. The second-order valence-corrected chi connectivity index (χ2v) is 5.25. The van der Waals surface area contributed by atoms with E-state index in [0.29, 0.717) is 0 Å². The molecule has 2 N–H and O–H groups in total. The van der Waals surface area contributed by atoms with Crippen LogP contribution in [0.1, 0.15) is 32.4 Å². The van der Waals surface area contributed by atoms with Gasteiger partial charge in [0, 0.05) is 17.0 Å². The van der Waals surface area contributed by atoms with Gasteiger partial charge in [0.15, 0.2) is 0 Å². The minimum absolute atomic E-state index is 0.134. The number of benzene rings is 1. The van der Waals surface area contributed by atoms with Crippen molar-refractivity contribution in [1.29, 1.82) is 0 Å². The monoisotopic (exact) mass is 239 g/mol. The predicted octanol–water partition coefficient (Wildman–Crippen LogP) is 2.83. The number of aliphatic hydroxyl groups excluding tert-OH is 1. The summed E-state index contributed by atoms with van der Waals surface area (Å²) in [5.41, 5.74) is 1.31. The van der Waals surface area contributed by atoms with Crippen LogP contribution in [0.2, 0.25) is 0 Å². The standard InChI is InChI=1S/C13H21NOS/c1-4-16-13-8-6-5-7-12(13)11(3)14-10(2)9-15/h5-8,10-11,14-15H,4,9H2,1-3H3/t10-,11?/m0/s1. The summed E-state index contributed by atoms with van der Waals surface area (Å²) in [5, 5.41) is 12.4. The van der Waals surface area contributed by atoms with Crippen molar-refractivity contribution in [1.82, 2.24) is 5.32 Å². The smallest absolute Gasteiger partial charge is 0.0582 e. The van der Waals surface area contributed by atoms with E-state index in [0.717, 1.165) is 5.75 Å². The van der Waals surface area contributed by atoms with Crippen LogP contribution in [0.3, 0.4) is 0 Å². The van der Waals surface area contributed by atoms with Gasteiger partial charge < -0.3 is 10.4 Å². The average Bonchev–Trinajstić information content (AvgIpc) is 2.30. The van der Waals surface area contributed by atoms with Gasteiger partial charge in [-0.25, -0.2) is 0 Å². The molecule has 0 aliphatic rings. The van der Waals surface area contributed by atoms with E-state index in [1.54, 1.807) is 0 Å². The van der Waals surface area contributed by atoms with Crippen LogP contribution in [-0.2, 0) is 0 Å². The zero-order valence-corrected chi connectivity index (χ0v) is 11.1. The molecule has 0 aliphatic carbocycles. The molecule has 0 fully saturated rings. The van der Waals surface area contributed by atoms with Crippen LogP contribution in [0.4, 0.5) is 0 Å². The van der Waals surface area contributed by atoms with E-state index >= 15 is 0 Å². The second kappa shape index (κ2) is 6.94. The lowest BCUT2D eigenvalue weighted by Gasteiger charge is -2.20. The average molecular weight is 239 g/mol. The molecule has 0 saturated carbocycles. The third-order valence-corrected chi connectivity index (χ3v) is 3.47. The fourth-order valence-electron chi connectivity index (χ4n) is 1.69. The van der Waals surface area contributed by atoms with E-state index in [9.17, 15) is 0 Å². The molecule has 0 bridgehead atoms. The van der Waals surface area contributed by atoms with E-state index in [1.807, 2.05) is 18.7 Å². The van der Waals surface area contributed by atoms with Gasteiger partial charge in [-0.3, -0.25) is 0 Å². The first-order chi connectivity index (χ1) is 7.69. The fraction of sp³-hybridized carbons (Fsp3) is 0.538. The minimum atomic E-state index is 0.134. The van der Waals surface area contributed by atoms with Crippen molar-refractivity contribution in [3.8, 4) is 0 Å². The van der Waals surface area contributed by atoms with Crippen LogP contribution >= 0.6 is 11.8 Å². The predicted molar refractivity (Wildman–Crippen MR) is 70.9 cm³/mol. The van der Waals surface area contributed by atoms with E-state index in [1.165, 1.54) is 10.5 Å². The van der Waals surface area contributed by atoms with Gasteiger partial charge in [-0.15, -0.1) is 11.8 Å². The zero-order chi connectivity index (χ0) is 12.0. The molecular weight excluding hydrogens is 218 g/mol. The van der Waals surface area contributed by atoms with Gasteiger partial charge in [0.25, 0.3) is 0 Å². The first-order valence-electron chi connectivity index (χ1n) is 5.77. The maximum atomic E-state index is 9.04. The summed E-state index contributed by atoms with van der Waals surface area (Å²) in [6.45, 7) is 6.47. The van der Waals surface area contributed by atoms with E-state index in [4.69, 9.17) is 5.11 Å². The lowest BCUT2D eigenvalue weighted by Crippen LogP contribution is -2.31. The molecule has 1 aromatic rings. The van der Waals surface area contributed by atoms with Gasteiger partial charge in [0.2, 0.25) is 0 Å². The summed E-state index contributed by atoms with van der Waals surface area (Å²) in [7, 11) is 0. The molecule has 0 aliphatic heterocycles. The van der Waals surface area contributed by atoms with Crippen molar-refractivity contribution < 1.29 is 5.11 Å². The quantitative estimate of drug-likeness (QED) is 0.749. The Morgan fingerprint density at radius 3 is 2.62 bits per heavy atom. The molecule has 1 aromatic carbocycles. The fourth-order valence-corrected chi connectivity index (χ4v) is 2.59. The first-order valence-corrected chi connectivity index (χ1v) is 6.76. The molecule has 1 unspecified atom stereocenters. The molecule has 3 heteroatoms. The molecule has 90 valence electrons. The number of hydrogen-bond acceptors (Lipinski definition) is 3. The van der Waals surface area contributed by atoms with Gasteiger partial charge in [-0.1, -0.05) is 25.1 Å². The van der Waals surface area contributed by atoms with Crippen molar-refractivity contribution in [3.05, 3.63) is 29.8 Å².